The van der Waals surface area contributed by atoms with E-state index in [1.54, 1.807) is 12.4 Å². The molecule has 0 amide bonds. The van der Waals surface area contributed by atoms with Crippen molar-refractivity contribution >= 4 is 0 Å². The van der Waals surface area contributed by atoms with Crippen molar-refractivity contribution in [3.05, 3.63) is 23.8 Å². The molecule has 0 fully saturated rings. The average Bonchev–Trinajstić information content (AvgIpc) is 2.47. The maximum absolute atomic E-state index is 4.35. The molecule has 0 saturated heterocycles. The van der Waals surface area contributed by atoms with Gasteiger partial charge in [0.15, 0.2) is 0 Å². The van der Waals surface area contributed by atoms with Crippen molar-refractivity contribution in [2.24, 2.45) is 0 Å². The highest BCUT2D eigenvalue weighted by Gasteiger charge is 2.22. The van der Waals surface area contributed by atoms with Gasteiger partial charge in [-0.3, -0.25) is 9.97 Å². The summed E-state index contributed by atoms with van der Waals surface area (Å²) in [5, 5.41) is 0. The zero-order chi connectivity index (χ0) is 7.68. The molecule has 1 aliphatic rings. The van der Waals surface area contributed by atoms with E-state index in [1.807, 2.05) is 0 Å². The van der Waals surface area contributed by atoms with Crippen LogP contribution in [0, 0.1) is 0 Å². The molecule has 1 aromatic rings. The number of nitrogens with zero attached hydrogens (tertiary/aromatic N) is 2. The Morgan fingerprint density at radius 3 is 3.09 bits per heavy atom. The number of aromatic nitrogens is 2. The summed E-state index contributed by atoms with van der Waals surface area (Å²) < 4.78 is 0. The Balaban J connectivity index is 2.39. The molecular weight excluding hydrogens is 136 g/mol. The Morgan fingerprint density at radius 1 is 1.45 bits per heavy atom. The van der Waals surface area contributed by atoms with Gasteiger partial charge in [-0.1, -0.05) is 6.92 Å². The molecule has 1 heterocycles. The summed E-state index contributed by atoms with van der Waals surface area (Å²) in [6.45, 7) is 2.22. The summed E-state index contributed by atoms with van der Waals surface area (Å²) in [5.74, 6) is 0.679. The topological polar surface area (TPSA) is 25.8 Å². The van der Waals surface area contributed by atoms with Crippen LogP contribution in [0.3, 0.4) is 0 Å². The van der Waals surface area contributed by atoms with Gasteiger partial charge in [0.25, 0.3) is 0 Å². The van der Waals surface area contributed by atoms with Crippen LogP contribution in [0.25, 0.3) is 0 Å². The van der Waals surface area contributed by atoms with Crippen molar-refractivity contribution in [3.63, 3.8) is 0 Å². The minimum atomic E-state index is 0.679. The predicted molar refractivity (Wildman–Crippen MR) is 43.4 cm³/mol. The van der Waals surface area contributed by atoms with Gasteiger partial charge < -0.3 is 0 Å². The van der Waals surface area contributed by atoms with Gasteiger partial charge in [-0.25, -0.2) is 0 Å². The van der Waals surface area contributed by atoms with Gasteiger partial charge in [-0.2, -0.15) is 0 Å². The molecule has 0 saturated carbocycles. The van der Waals surface area contributed by atoms with Crippen LogP contribution >= 0.6 is 0 Å². The summed E-state index contributed by atoms with van der Waals surface area (Å²) in [7, 11) is 0. The van der Waals surface area contributed by atoms with E-state index < -0.39 is 0 Å². The van der Waals surface area contributed by atoms with Gasteiger partial charge >= 0.3 is 0 Å². The first-order valence-corrected chi connectivity index (χ1v) is 4.21. The van der Waals surface area contributed by atoms with Crippen molar-refractivity contribution in [1.29, 1.82) is 0 Å². The van der Waals surface area contributed by atoms with Crippen LogP contribution in [0.5, 0.6) is 0 Å². The fourth-order valence-electron chi connectivity index (χ4n) is 1.76. The summed E-state index contributed by atoms with van der Waals surface area (Å²) in [6.07, 6.45) is 7.16. The third kappa shape index (κ3) is 1.02. The molecule has 0 aromatic carbocycles. The molecule has 58 valence electrons. The number of fused-ring (bicyclic) bond motifs is 1. The van der Waals surface area contributed by atoms with Crippen LogP contribution in [0.15, 0.2) is 12.4 Å². The summed E-state index contributed by atoms with van der Waals surface area (Å²) in [6, 6.07) is 0. The van der Waals surface area contributed by atoms with E-state index in [1.165, 1.54) is 24.2 Å². The Hall–Kier alpha value is -0.920. The molecule has 1 aromatic heterocycles. The lowest BCUT2D eigenvalue weighted by Gasteiger charge is -2.04. The fourth-order valence-corrected chi connectivity index (χ4v) is 1.76. The third-order valence-corrected chi connectivity index (χ3v) is 2.42. The summed E-state index contributed by atoms with van der Waals surface area (Å²) in [4.78, 5) is 8.64. The van der Waals surface area contributed by atoms with E-state index in [9.17, 15) is 0 Å². The van der Waals surface area contributed by atoms with Crippen LogP contribution in [0.1, 0.15) is 37.1 Å². The lowest BCUT2D eigenvalue weighted by molar-refractivity contribution is 0.643. The van der Waals surface area contributed by atoms with Crippen LogP contribution in [-0.4, -0.2) is 9.97 Å². The Bertz CT molecular complexity index is 257. The molecule has 11 heavy (non-hydrogen) atoms. The van der Waals surface area contributed by atoms with Crippen LogP contribution in [0.2, 0.25) is 0 Å². The molecule has 2 rings (SSSR count). The van der Waals surface area contributed by atoms with Gasteiger partial charge in [0.2, 0.25) is 0 Å². The van der Waals surface area contributed by atoms with Gasteiger partial charge in [-0.15, -0.1) is 0 Å². The first kappa shape index (κ1) is 6.77. The molecule has 0 aliphatic heterocycles. The van der Waals surface area contributed by atoms with Crippen LogP contribution < -0.4 is 0 Å². The lowest BCUT2D eigenvalue weighted by atomic mass is 10.1. The van der Waals surface area contributed by atoms with Gasteiger partial charge in [0, 0.05) is 18.3 Å². The van der Waals surface area contributed by atoms with Crippen molar-refractivity contribution in [1.82, 2.24) is 9.97 Å². The van der Waals surface area contributed by atoms with Crippen molar-refractivity contribution < 1.29 is 0 Å². The molecule has 0 radical (unpaired) electrons. The predicted octanol–water partition coefficient (Wildman–Crippen LogP) is 1.92. The SMILES string of the molecule is CC[C@H]1CCc2nccnc21. The number of rotatable bonds is 1. The van der Waals surface area contributed by atoms with Crippen molar-refractivity contribution in [3.8, 4) is 0 Å². The second-order valence-corrected chi connectivity index (χ2v) is 3.03. The monoisotopic (exact) mass is 148 g/mol. The first-order chi connectivity index (χ1) is 5.42. The Labute approximate surface area is 66.7 Å². The van der Waals surface area contributed by atoms with E-state index in [2.05, 4.69) is 16.9 Å². The first-order valence-electron chi connectivity index (χ1n) is 4.21. The third-order valence-electron chi connectivity index (χ3n) is 2.42. The number of hydrogen-bond donors (Lipinski definition) is 0. The highest BCUT2D eigenvalue weighted by atomic mass is 14.8. The average molecular weight is 148 g/mol. The van der Waals surface area contributed by atoms with Crippen LogP contribution in [0.4, 0.5) is 0 Å². The summed E-state index contributed by atoms with van der Waals surface area (Å²) >= 11 is 0. The second-order valence-electron chi connectivity index (χ2n) is 3.03. The molecule has 1 atom stereocenters. The quantitative estimate of drug-likeness (QED) is 0.608. The van der Waals surface area contributed by atoms with Gasteiger partial charge in [0.05, 0.1) is 11.4 Å². The Morgan fingerprint density at radius 2 is 2.27 bits per heavy atom. The molecular formula is C9H12N2. The van der Waals surface area contributed by atoms with E-state index in [0.29, 0.717) is 5.92 Å². The minimum Gasteiger partial charge on any atom is -0.258 e. The van der Waals surface area contributed by atoms with Crippen molar-refractivity contribution in [2.75, 3.05) is 0 Å². The number of hydrogen-bond acceptors (Lipinski definition) is 2. The summed E-state index contributed by atoms with van der Waals surface area (Å²) in [5.41, 5.74) is 2.47. The molecule has 0 bridgehead atoms. The zero-order valence-corrected chi connectivity index (χ0v) is 6.75. The molecule has 0 unspecified atom stereocenters. The smallest absolute Gasteiger partial charge is 0.0649 e. The molecule has 2 nitrogen and oxygen atoms in total. The van der Waals surface area contributed by atoms with E-state index >= 15 is 0 Å². The molecule has 0 spiro atoms. The molecule has 2 heteroatoms. The second kappa shape index (κ2) is 2.61. The maximum Gasteiger partial charge on any atom is 0.0649 e. The van der Waals surface area contributed by atoms with E-state index in [4.69, 9.17) is 0 Å². The van der Waals surface area contributed by atoms with Crippen molar-refractivity contribution in [2.45, 2.75) is 32.1 Å². The fraction of sp³-hybridized carbons (Fsp3) is 0.556. The zero-order valence-electron chi connectivity index (χ0n) is 6.75. The highest BCUT2D eigenvalue weighted by Crippen LogP contribution is 2.31. The normalized spacial score (nSPS) is 21.7. The van der Waals surface area contributed by atoms with Gasteiger partial charge in [0.1, 0.15) is 0 Å². The highest BCUT2D eigenvalue weighted by molar-refractivity contribution is 5.21. The van der Waals surface area contributed by atoms with E-state index in [-0.39, 0.29) is 0 Å². The standard InChI is InChI=1S/C9H12N2/c1-2-7-3-4-8-9(7)11-6-5-10-8/h5-7H,2-4H2,1H3/t7-/m0/s1. The number of aryl methyl sites for hydroxylation is 1. The minimum absolute atomic E-state index is 0.679. The molecule has 1 aliphatic carbocycles. The van der Waals surface area contributed by atoms with E-state index in [0.717, 1.165) is 6.42 Å². The maximum atomic E-state index is 4.35. The van der Waals surface area contributed by atoms with Gasteiger partial charge in [-0.05, 0) is 19.3 Å². The Kier molecular flexibility index (Phi) is 1.60. The largest absolute Gasteiger partial charge is 0.258 e. The van der Waals surface area contributed by atoms with Crippen LogP contribution in [-0.2, 0) is 6.42 Å². The lowest BCUT2D eigenvalue weighted by Crippen LogP contribution is -1.95. The molecule has 0 N–H and O–H groups in total.